The van der Waals surface area contributed by atoms with Crippen molar-refractivity contribution in [3.8, 4) is 0 Å². The van der Waals surface area contributed by atoms with Gasteiger partial charge in [-0.2, -0.15) is 0 Å². The van der Waals surface area contributed by atoms with Crippen molar-refractivity contribution >= 4 is 22.6 Å². The van der Waals surface area contributed by atoms with Crippen LogP contribution in [0.4, 0.5) is 4.39 Å². The molecule has 102 valence electrons. The van der Waals surface area contributed by atoms with Gasteiger partial charge >= 0.3 is 0 Å². The molecule has 0 atom stereocenters. The third-order valence-corrected chi connectivity index (χ3v) is 3.78. The Kier molecular flexibility index (Phi) is 3.60. The number of halogens is 2. The fraction of sp³-hybridized carbons (Fsp3) is 0.500. The van der Waals surface area contributed by atoms with Gasteiger partial charge in [0.25, 0.3) is 0 Å². The number of rotatable bonds is 3. The van der Waals surface area contributed by atoms with E-state index in [1.54, 1.807) is 0 Å². The van der Waals surface area contributed by atoms with E-state index in [1.807, 2.05) is 6.07 Å². The highest BCUT2D eigenvalue weighted by Crippen LogP contribution is 2.21. The van der Waals surface area contributed by atoms with Crippen molar-refractivity contribution in [1.82, 2.24) is 9.66 Å². The molecule has 0 amide bonds. The Bertz CT molecular complexity index is 575. The smallest absolute Gasteiger partial charge is 0.130 e. The molecule has 1 aromatic carbocycles. The Morgan fingerprint density at radius 1 is 1.21 bits per heavy atom. The number of fused-ring (bicyclic) bond motifs is 1. The van der Waals surface area contributed by atoms with Gasteiger partial charge in [-0.15, -0.1) is 11.6 Å². The molecule has 1 fully saturated rings. The molecule has 1 aliphatic heterocycles. The minimum absolute atomic E-state index is 0.242. The summed E-state index contributed by atoms with van der Waals surface area (Å²) in [6.07, 6.45) is 4.37. The van der Waals surface area contributed by atoms with Gasteiger partial charge in [0, 0.05) is 31.5 Å². The maximum Gasteiger partial charge on any atom is 0.130 e. The molecule has 2 heterocycles. The Balaban J connectivity index is 2.09. The predicted molar refractivity (Wildman–Crippen MR) is 75.9 cm³/mol. The van der Waals surface area contributed by atoms with E-state index in [-0.39, 0.29) is 5.82 Å². The van der Waals surface area contributed by atoms with Crippen molar-refractivity contribution in [2.45, 2.75) is 25.7 Å². The fourth-order valence-electron chi connectivity index (χ4n) is 2.73. The second-order valence-electron chi connectivity index (χ2n) is 4.93. The first-order valence-electron chi connectivity index (χ1n) is 6.77. The largest absolute Gasteiger partial charge is 0.311 e. The van der Waals surface area contributed by atoms with Gasteiger partial charge in [-0.3, -0.25) is 0 Å². The van der Waals surface area contributed by atoms with Gasteiger partial charge in [0.2, 0.25) is 0 Å². The molecule has 19 heavy (non-hydrogen) atoms. The molecule has 1 aliphatic rings. The molecule has 1 saturated heterocycles. The summed E-state index contributed by atoms with van der Waals surface area (Å²) in [6.45, 7) is 2.05. The predicted octanol–water partition coefficient (Wildman–Crippen LogP) is 3.08. The summed E-state index contributed by atoms with van der Waals surface area (Å²) in [4.78, 5) is 4.54. The molecule has 2 aromatic rings. The number of imidazole rings is 1. The molecule has 0 unspecified atom stereocenters. The molecule has 3 rings (SSSR count). The maximum absolute atomic E-state index is 13.3. The number of hydrogen-bond acceptors (Lipinski definition) is 2. The van der Waals surface area contributed by atoms with Crippen LogP contribution in [0.2, 0.25) is 0 Å². The Labute approximate surface area is 116 Å². The van der Waals surface area contributed by atoms with E-state index in [1.165, 1.54) is 31.4 Å². The standard InChI is InChI=1S/C14H17ClFN3/c15-7-6-14-17-12-10-11(16)4-5-13(12)19(14)18-8-2-1-3-9-18/h4-5,10H,1-3,6-9H2. The lowest BCUT2D eigenvalue weighted by Crippen LogP contribution is -2.40. The van der Waals surface area contributed by atoms with Crippen molar-refractivity contribution in [3.05, 3.63) is 29.8 Å². The number of nitrogens with zero attached hydrogens (tertiary/aromatic N) is 3. The van der Waals surface area contributed by atoms with Crippen molar-refractivity contribution in [3.63, 3.8) is 0 Å². The van der Waals surface area contributed by atoms with E-state index in [4.69, 9.17) is 11.6 Å². The second kappa shape index (κ2) is 5.37. The van der Waals surface area contributed by atoms with Crippen LogP contribution in [-0.4, -0.2) is 28.6 Å². The minimum atomic E-state index is -0.242. The summed E-state index contributed by atoms with van der Waals surface area (Å²) in [5, 5.41) is 2.30. The minimum Gasteiger partial charge on any atom is -0.311 e. The molecular formula is C14H17ClFN3. The van der Waals surface area contributed by atoms with Gasteiger partial charge in [-0.05, 0) is 31.4 Å². The molecule has 0 aliphatic carbocycles. The van der Waals surface area contributed by atoms with Crippen molar-refractivity contribution in [2.24, 2.45) is 0 Å². The van der Waals surface area contributed by atoms with Crippen LogP contribution in [0.3, 0.4) is 0 Å². The van der Waals surface area contributed by atoms with Gasteiger partial charge in [0.1, 0.15) is 11.6 Å². The van der Waals surface area contributed by atoms with E-state index in [2.05, 4.69) is 14.7 Å². The van der Waals surface area contributed by atoms with Gasteiger partial charge in [0.05, 0.1) is 11.0 Å². The molecule has 5 heteroatoms. The van der Waals surface area contributed by atoms with E-state index in [9.17, 15) is 4.39 Å². The summed E-state index contributed by atoms with van der Waals surface area (Å²) in [5.74, 6) is 1.21. The molecule has 1 aromatic heterocycles. The molecule has 0 radical (unpaired) electrons. The lowest BCUT2D eigenvalue weighted by Gasteiger charge is -2.31. The van der Waals surface area contributed by atoms with Crippen LogP contribution in [0.5, 0.6) is 0 Å². The maximum atomic E-state index is 13.3. The summed E-state index contributed by atoms with van der Waals surface area (Å²) in [7, 11) is 0. The van der Waals surface area contributed by atoms with E-state index >= 15 is 0 Å². The lowest BCUT2D eigenvalue weighted by molar-refractivity contribution is 0.476. The summed E-state index contributed by atoms with van der Waals surface area (Å²) < 4.78 is 15.5. The highest BCUT2D eigenvalue weighted by atomic mass is 35.5. The number of hydrogen-bond donors (Lipinski definition) is 0. The van der Waals surface area contributed by atoms with Crippen molar-refractivity contribution in [1.29, 1.82) is 0 Å². The van der Waals surface area contributed by atoms with Gasteiger partial charge in [-0.25, -0.2) is 14.1 Å². The van der Waals surface area contributed by atoms with E-state index in [0.717, 1.165) is 24.4 Å². The highest BCUT2D eigenvalue weighted by molar-refractivity contribution is 6.17. The normalized spacial score (nSPS) is 16.2. The van der Waals surface area contributed by atoms with E-state index in [0.29, 0.717) is 17.8 Å². The summed E-state index contributed by atoms with van der Waals surface area (Å²) >= 11 is 5.86. The number of aryl methyl sites for hydroxylation is 1. The average Bonchev–Trinajstić information content (AvgIpc) is 2.77. The zero-order valence-electron chi connectivity index (χ0n) is 10.8. The van der Waals surface area contributed by atoms with Crippen LogP contribution in [0.15, 0.2) is 18.2 Å². The topological polar surface area (TPSA) is 21.1 Å². The first-order valence-corrected chi connectivity index (χ1v) is 7.31. The Hall–Kier alpha value is -1.29. The van der Waals surface area contributed by atoms with Gasteiger partial charge < -0.3 is 5.01 Å². The summed E-state index contributed by atoms with van der Waals surface area (Å²) in [6, 6.07) is 4.80. The average molecular weight is 282 g/mol. The van der Waals surface area contributed by atoms with Gasteiger partial charge in [0.15, 0.2) is 0 Å². The third-order valence-electron chi connectivity index (χ3n) is 3.59. The zero-order chi connectivity index (χ0) is 13.2. The quantitative estimate of drug-likeness (QED) is 0.806. The first-order chi connectivity index (χ1) is 9.29. The molecular weight excluding hydrogens is 265 g/mol. The SMILES string of the molecule is Fc1ccc2c(c1)nc(CCCl)n2N1CCCCC1. The van der Waals surface area contributed by atoms with E-state index < -0.39 is 0 Å². The lowest BCUT2D eigenvalue weighted by atomic mass is 10.2. The van der Waals surface area contributed by atoms with Crippen LogP contribution < -0.4 is 5.01 Å². The number of alkyl halides is 1. The number of piperidine rings is 1. The second-order valence-corrected chi connectivity index (χ2v) is 5.30. The molecule has 0 N–H and O–H groups in total. The van der Waals surface area contributed by atoms with Crippen molar-refractivity contribution < 1.29 is 4.39 Å². The number of benzene rings is 1. The van der Waals surface area contributed by atoms with Gasteiger partial charge in [-0.1, -0.05) is 0 Å². The number of aromatic nitrogens is 2. The summed E-state index contributed by atoms with van der Waals surface area (Å²) in [5.41, 5.74) is 1.69. The van der Waals surface area contributed by atoms with Crippen LogP contribution in [0.25, 0.3) is 11.0 Å². The third kappa shape index (κ3) is 2.41. The zero-order valence-corrected chi connectivity index (χ0v) is 11.5. The van der Waals surface area contributed by atoms with Crippen LogP contribution in [-0.2, 0) is 6.42 Å². The molecule has 0 spiro atoms. The monoisotopic (exact) mass is 281 g/mol. The highest BCUT2D eigenvalue weighted by Gasteiger charge is 2.18. The van der Waals surface area contributed by atoms with Crippen LogP contribution >= 0.6 is 11.6 Å². The Morgan fingerprint density at radius 3 is 2.74 bits per heavy atom. The fourth-order valence-corrected chi connectivity index (χ4v) is 2.90. The molecule has 0 saturated carbocycles. The first kappa shape index (κ1) is 12.7. The van der Waals surface area contributed by atoms with Crippen molar-refractivity contribution in [2.75, 3.05) is 24.0 Å². The van der Waals surface area contributed by atoms with Crippen LogP contribution in [0.1, 0.15) is 25.1 Å². The molecule has 3 nitrogen and oxygen atoms in total. The Morgan fingerprint density at radius 2 is 2.00 bits per heavy atom. The van der Waals surface area contributed by atoms with Crippen LogP contribution in [0, 0.1) is 5.82 Å². The molecule has 0 bridgehead atoms.